The van der Waals surface area contributed by atoms with Crippen molar-refractivity contribution in [3.63, 3.8) is 0 Å². The first kappa shape index (κ1) is 26.7. The molecule has 0 aliphatic heterocycles. The Morgan fingerprint density at radius 3 is 2.21 bits per heavy atom. The van der Waals surface area contributed by atoms with Gasteiger partial charge in [0.1, 0.15) is 0 Å². The Labute approximate surface area is 221 Å². The van der Waals surface area contributed by atoms with Crippen LogP contribution >= 0.6 is 0 Å². The van der Waals surface area contributed by atoms with Crippen LogP contribution in [-0.4, -0.2) is 35.8 Å². The lowest BCUT2D eigenvalue weighted by atomic mass is 10.1. The third-order valence-corrected chi connectivity index (χ3v) is 6.53. The summed E-state index contributed by atoms with van der Waals surface area (Å²) in [6, 6.07) is 18.1. The molecule has 0 saturated heterocycles. The Morgan fingerprint density at radius 2 is 1.55 bits per heavy atom. The van der Waals surface area contributed by atoms with Crippen molar-refractivity contribution in [1.82, 2.24) is 14.5 Å². The second kappa shape index (κ2) is 11.8. The molecule has 1 N–H and O–H groups in total. The standard InChI is InChI=1S/C30H33N3O5/c1-5-6-14-31-28(34)23-12-10-21(11-13-23)18-33-29(35)24-16-26(37-3)27(38-4)17-25(24)32(30(33)36)19-22-9-7-8-20(2)15-22/h7-13,15-17H,5-6,14,18-19H2,1-4H3,(H,31,34). The van der Waals surface area contributed by atoms with Crippen LogP contribution in [0.1, 0.15) is 46.8 Å². The van der Waals surface area contributed by atoms with Gasteiger partial charge in [0.05, 0.1) is 38.2 Å². The molecule has 4 rings (SSSR count). The summed E-state index contributed by atoms with van der Waals surface area (Å²) in [5, 5.41) is 3.24. The predicted octanol–water partition coefficient (Wildman–Crippen LogP) is 4.12. The summed E-state index contributed by atoms with van der Waals surface area (Å²) in [6.07, 6.45) is 1.92. The minimum Gasteiger partial charge on any atom is -0.493 e. The van der Waals surface area contributed by atoms with Crippen LogP contribution in [0, 0.1) is 6.92 Å². The first-order valence-corrected chi connectivity index (χ1v) is 12.7. The van der Waals surface area contributed by atoms with E-state index >= 15 is 0 Å². The highest BCUT2D eigenvalue weighted by Crippen LogP contribution is 2.30. The van der Waals surface area contributed by atoms with Crippen LogP contribution in [0.5, 0.6) is 11.5 Å². The molecule has 8 nitrogen and oxygen atoms in total. The van der Waals surface area contributed by atoms with Gasteiger partial charge >= 0.3 is 5.69 Å². The summed E-state index contributed by atoms with van der Waals surface area (Å²) in [5.41, 5.74) is 2.89. The molecule has 0 aliphatic carbocycles. The minimum absolute atomic E-state index is 0.0630. The second-order valence-electron chi connectivity index (χ2n) is 9.28. The zero-order chi connectivity index (χ0) is 27.2. The number of carbonyl (C=O) groups excluding carboxylic acids is 1. The minimum atomic E-state index is -0.433. The number of nitrogens with one attached hydrogen (secondary N) is 1. The molecule has 38 heavy (non-hydrogen) atoms. The third kappa shape index (κ3) is 5.64. The maximum absolute atomic E-state index is 13.8. The molecule has 1 aromatic heterocycles. The summed E-state index contributed by atoms with van der Waals surface area (Å²) in [7, 11) is 3.02. The van der Waals surface area contributed by atoms with Gasteiger partial charge in [0.15, 0.2) is 11.5 Å². The predicted molar refractivity (Wildman–Crippen MR) is 149 cm³/mol. The largest absolute Gasteiger partial charge is 0.493 e. The van der Waals surface area contributed by atoms with Gasteiger partial charge in [-0.1, -0.05) is 55.3 Å². The van der Waals surface area contributed by atoms with Gasteiger partial charge in [0.2, 0.25) is 0 Å². The van der Waals surface area contributed by atoms with Crippen LogP contribution in [0.2, 0.25) is 0 Å². The molecule has 0 fully saturated rings. The summed E-state index contributed by atoms with van der Waals surface area (Å²) >= 11 is 0. The Morgan fingerprint density at radius 1 is 0.868 bits per heavy atom. The van der Waals surface area contributed by atoms with E-state index < -0.39 is 11.2 Å². The lowest BCUT2D eigenvalue weighted by molar-refractivity contribution is 0.0953. The van der Waals surface area contributed by atoms with Crippen LogP contribution in [0.25, 0.3) is 10.9 Å². The quantitative estimate of drug-likeness (QED) is 0.321. The van der Waals surface area contributed by atoms with E-state index in [-0.39, 0.29) is 19.0 Å². The number of fused-ring (bicyclic) bond motifs is 1. The molecule has 3 aromatic carbocycles. The van der Waals surface area contributed by atoms with Crippen LogP contribution in [0.15, 0.2) is 70.3 Å². The Kier molecular flexibility index (Phi) is 8.31. The van der Waals surface area contributed by atoms with E-state index in [2.05, 4.69) is 12.2 Å². The van der Waals surface area contributed by atoms with Crippen LogP contribution in [0.4, 0.5) is 0 Å². The molecule has 0 aliphatic rings. The number of amides is 1. The number of carbonyl (C=O) groups is 1. The highest BCUT2D eigenvalue weighted by Gasteiger charge is 2.18. The highest BCUT2D eigenvalue weighted by molar-refractivity contribution is 5.94. The molecule has 0 spiro atoms. The smallest absolute Gasteiger partial charge is 0.332 e. The normalized spacial score (nSPS) is 10.9. The zero-order valence-corrected chi connectivity index (χ0v) is 22.2. The number of aryl methyl sites for hydroxylation is 1. The van der Waals surface area contributed by atoms with Crippen molar-refractivity contribution >= 4 is 16.8 Å². The SMILES string of the molecule is CCCCNC(=O)c1ccc(Cn2c(=O)c3cc(OC)c(OC)cc3n(Cc3cccc(C)c3)c2=O)cc1. The molecule has 0 unspecified atom stereocenters. The summed E-state index contributed by atoms with van der Waals surface area (Å²) in [6.45, 7) is 5.03. The van der Waals surface area contributed by atoms with Crippen LogP contribution in [0.3, 0.4) is 0 Å². The fraction of sp³-hybridized carbons (Fsp3) is 0.300. The fourth-order valence-electron chi connectivity index (χ4n) is 4.45. The summed E-state index contributed by atoms with van der Waals surface area (Å²) in [4.78, 5) is 39.7. The Balaban J connectivity index is 1.79. The topological polar surface area (TPSA) is 91.6 Å². The van der Waals surface area contributed by atoms with Crippen molar-refractivity contribution in [2.75, 3.05) is 20.8 Å². The Hall–Kier alpha value is -4.33. The maximum Gasteiger partial charge on any atom is 0.332 e. The average molecular weight is 516 g/mol. The van der Waals surface area contributed by atoms with E-state index in [0.29, 0.717) is 34.5 Å². The third-order valence-electron chi connectivity index (χ3n) is 6.53. The van der Waals surface area contributed by atoms with Crippen molar-refractivity contribution in [2.24, 2.45) is 0 Å². The van der Waals surface area contributed by atoms with Gasteiger partial charge < -0.3 is 14.8 Å². The lowest BCUT2D eigenvalue weighted by Gasteiger charge is -2.17. The van der Waals surface area contributed by atoms with Gasteiger partial charge in [-0.15, -0.1) is 0 Å². The Bertz CT molecular complexity index is 1570. The first-order chi connectivity index (χ1) is 18.4. The number of nitrogens with zero attached hydrogens (tertiary/aromatic N) is 2. The zero-order valence-electron chi connectivity index (χ0n) is 22.2. The number of methoxy groups -OCH3 is 2. The van der Waals surface area contributed by atoms with Gasteiger partial charge in [-0.2, -0.15) is 0 Å². The van der Waals surface area contributed by atoms with Crippen LogP contribution < -0.4 is 26.0 Å². The molecule has 4 aromatic rings. The highest BCUT2D eigenvalue weighted by atomic mass is 16.5. The molecule has 198 valence electrons. The van der Waals surface area contributed by atoms with Gasteiger partial charge in [-0.3, -0.25) is 18.7 Å². The average Bonchev–Trinajstić information content (AvgIpc) is 2.93. The number of ether oxygens (including phenoxy) is 2. The monoisotopic (exact) mass is 515 g/mol. The lowest BCUT2D eigenvalue weighted by Crippen LogP contribution is -2.40. The van der Waals surface area contributed by atoms with E-state index in [4.69, 9.17) is 9.47 Å². The summed E-state index contributed by atoms with van der Waals surface area (Å²) < 4.78 is 13.7. The molecule has 1 amide bonds. The summed E-state index contributed by atoms with van der Waals surface area (Å²) in [5.74, 6) is 0.694. The van der Waals surface area contributed by atoms with Gasteiger partial charge in [0, 0.05) is 18.2 Å². The number of hydrogen-bond donors (Lipinski definition) is 1. The van der Waals surface area contributed by atoms with E-state index in [1.54, 1.807) is 41.0 Å². The maximum atomic E-state index is 13.8. The van der Waals surface area contributed by atoms with E-state index in [0.717, 1.165) is 29.5 Å². The van der Waals surface area contributed by atoms with Gasteiger partial charge in [-0.05, 0) is 42.7 Å². The van der Waals surface area contributed by atoms with E-state index in [1.165, 1.54) is 18.8 Å². The molecule has 8 heteroatoms. The first-order valence-electron chi connectivity index (χ1n) is 12.7. The number of hydrogen-bond acceptors (Lipinski definition) is 5. The van der Waals surface area contributed by atoms with E-state index in [1.807, 2.05) is 31.2 Å². The fourth-order valence-corrected chi connectivity index (χ4v) is 4.45. The number of rotatable bonds is 10. The van der Waals surface area contributed by atoms with Crippen LogP contribution in [-0.2, 0) is 13.1 Å². The molecule has 0 saturated carbocycles. The molecule has 0 atom stereocenters. The van der Waals surface area contributed by atoms with Crippen molar-refractivity contribution in [3.8, 4) is 11.5 Å². The molecule has 1 heterocycles. The van der Waals surface area contributed by atoms with E-state index in [9.17, 15) is 14.4 Å². The number of aromatic nitrogens is 2. The van der Waals surface area contributed by atoms with Gasteiger partial charge in [-0.25, -0.2) is 4.79 Å². The number of unbranched alkanes of at least 4 members (excludes halogenated alkanes) is 1. The van der Waals surface area contributed by atoms with Crippen molar-refractivity contribution < 1.29 is 14.3 Å². The van der Waals surface area contributed by atoms with Gasteiger partial charge in [0.25, 0.3) is 11.5 Å². The molecule has 0 bridgehead atoms. The molecular formula is C30H33N3O5. The van der Waals surface area contributed by atoms with Crippen molar-refractivity contribution in [2.45, 2.75) is 39.8 Å². The van der Waals surface area contributed by atoms with Crippen molar-refractivity contribution in [3.05, 3.63) is 104 Å². The molecular weight excluding hydrogens is 482 g/mol. The van der Waals surface area contributed by atoms with Crippen molar-refractivity contribution in [1.29, 1.82) is 0 Å². The second-order valence-corrected chi connectivity index (χ2v) is 9.28. The number of benzene rings is 3. The molecule has 0 radical (unpaired) electrons.